The van der Waals surface area contributed by atoms with E-state index >= 15 is 0 Å². The zero-order valence-corrected chi connectivity index (χ0v) is 102. The molecule has 0 aliphatic carbocycles. The van der Waals surface area contributed by atoms with Crippen molar-refractivity contribution in [1.82, 2.24) is 4.48 Å². The summed E-state index contributed by atoms with van der Waals surface area (Å²) in [5, 5.41) is 8.39. The molecular weight excluding hydrogens is 1890 g/mol. The third kappa shape index (κ3) is 83.2. The Bertz CT molecular complexity index is 4230. The molecule has 0 amide bonds. The van der Waals surface area contributed by atoms with Gasteiger partial charge in [-0.2, -0.15) is 54.6 Å². The van der Waals surface area contributed by atoms with Crippen LogP contribution in [-0.2, 0) is 28.9 Å². The van der Waals surface area contributed by atoms with Gasteiger partial charge in [0.25, 0.3) is 0 Å². The van der Waals surface area contributed by atoms with Crippen molar-refractivity contribution >= 4 is 108 Å². The first-order valence-electron chi connectivity index (χ1n) is 55.5. The van der Waals surface area contributed by atoms with E-state index in [1.54, 1.807) is 48.5 Å². The van der Waals surface area contributed by atoms with Gasteiger partial charge in [-0.25, -0.2) is 78.8 Å². The molecule has 0 aromatic heterocycles. The number of rotatable bonds is 33. The first-order valence-corrected chi connectivity index (χ1v) is 55.5. The average molecular weight is 2090 g/mol. The monoisotopic (exact) mass is 2090 g/mol. The molecule has 10 rings (SSSR count). The maximum Gasteiger partial charge on any atom is 1.00 e. The van der Waals surface area contributed by atoms with Crippen molar-refractivity contribution in [3.05, 3.63) is 303 Å². The van der Waals surface area contributed by atoms with E-state index in [0.717, 1.165) is 40.0 Å². The van der Waals surface area contributed by atoms with Crippen molar-refractivity contribution in [2.24, 2.45) is 0 Å². The minimum absolute atomic E-state index is 0. The zero-order chi connectivity index (χ0) is 107. The Hall–Kier alpha value is -6.38. The van der Waals surface area contributed by atoms with Crippen molar-refractivity contribution in [2.45, 2.75) is 234 Å². The van der Waals surface area contributed by atoms with Crippen molar-refractivity contribution < 1.29 is 115 Å². The number of benzene rings is 10. The second kappa shape index (κ2) is 83.4. The predicted molar refractivity (Wildman–Crippen MR) is 641 cm³/mol. The summed E-state index contributed by atoms with van der Waals surface area (Å²) in [7, 11) is 38.8. The number of aliphatic hydroxyl groups excluding tert-OH is 1. The van der Waals surface area contributed by atoms with E-state index in [4.69, 9.17) is 5.11 Å². The summed E-state index contributed by atoms with van der Waals surface area (Å²) in [5.74, 6) is -0.843. The smallest absolute Gasteiger partial charge is 0.391 e. The van der Waals surface area contributed by atoms with Crippen LogP contribution in [0, 0.1) is 102 Å². The van der Waals surface area contributed by atoms with Gasteiger partial charge in [0.1, 0.15) is 78.4 Å². The molecule has 0 atom stereocenters. The number of hydrogen-bond acceptors (Lipinski definition) is 1. The summed E-state index contributed by atoms with van der Waals surface area (Å²) in [6.07, 6.45) is 23.4. The standard InChI is InChI=1S/C21H46N.C10H16N.C9H14N.8C8H11BF.C8H22N2.C5H14NO.CH4.Ag.Na/c1-5-6-7-8-9-10-11-12-13-14-15-16-17-18-19-20-21-22(2,3)4;1-11(2,3)9-10-7-5-4-6-8-10;1-10(2,3)9-7-5-4-6-8-9;8*1-6-3-4-7(10)5-8(6)9-2;1-9(2,3)7-8-10(4,5)6;1-6(2,3)4-5-7;;;/h5-21H2,1-4H3;4-8H,9H2,1-3H3;4-8H,1-3H3;8*3-5H,9H2,1-2H3;7-8H2,1-6H3;7H,4-5H2,1-3H3;1H4;;/q3*+1;8*-1;+2;+1;;2*+1. The van der Waals surface area contributed by atoms with Gasteiger partial charge in [0, 0.05) is 5.56 Å². The van der Waals surface area contributed by atoms with Crippen LogP contribution in [0.1, 0.15) is 167 Å². The molecular formula is C118H204AgB8F8N6NaO. The van der Waals surface area contributed by atoms with Gasteiger partial charge in [-0.1, -0.05) is 294 Å². The number of aliphatic hydroxyl groups is 1. The van der Waals surface area contributed by atoms with Crippen molar-refractivity contribution in [3.8, 4) is 0 Å². The number of halogens is 8. The summed E-state index contributed by atoms with van der Waals surface area (Å²) in [6.45, 7) is 41.8. The average Bonchev–Trinajstić information content (AvgIpc) is 0.927. The number of likely N-dealkylation sites (N-methyl/N-ethyl adjacent to an activating group) is 3. The van der Waals surface area contributed by atoms with Gasteiger partial charge >= 0.3 is 51.9 Å². The van der Waals surface area contributed by atoms with Gasteiger partial charge in [-0.05, 0) is 187 Å². The third-order valence-electron chi connectivity index (χ3n) is 26.0. The Morgan fingerprint density at radius 2 is 0.406 bits per heavy atom. The molecule has 0 unspecified atom stereocenters. The molecule has 143 heavy (non-hydrogen) atoms. The van der Waals surface area contributed by atoms with Crippen LogP contribution < -0.4 is 77.7 Å². The number of nitrogens with zero attached hydrogens (tertiary/aromatic N) is 6. The molecule has 10 aromatic carbocycles. The summed E-state index contributed by atoms with van der Waals surface area (Å²) in [6, 6.07) is 61.1. The van der Waals surface area contributed by atoms with Gasteiger partial charge in [0.2, 0.25) is 0 Å². The Balaban J connectivity index is -0.000000358. The Morgan fingerprint density at radius 1 is 0.231 bits per heavy atom. The van der Waals surface area contributed by atoms with Gasteiger partial charge in [0.05, 0.1) is 140 Å². The van der Waals surface area contributed by atoms with Gasteiger partial charge < -0.3 is 27.5 Å². The van der Waals surface area contributed by atoms with Crippen LogP contribution in [0.5, 0.6) is 0 Å². The fourth-order valence-electron chi connectivity index (χ4n) is 16.0. The first-order chi connectivity index (χ1) is 65.4. The van der Waals surface area contributed by atoms with E-state index in [1.165, 1.54) is 270 Å². The maximum absolute atomic E-state index is 12.6. The van der Waals surface area contributed by atoms with Crippen molar-refractivity contribution in [3.63, 3.8) is 0 Å². The molecule has 0 fully saturated rings. The fourth-order valence-corrected chi connectivity index (χ4v) is 16.0. The van der Waals surface area contributed by atoms with Crippen LogP contribution in [0.25, 0.3) is 0 Å². The number of para-hydroxylation sites is 1. The van der Waals surface area contributed by atoms with Crippen LogP contribution in [0.3, 0.4) is 0 Å². The van der Waals surface area contributed by atoms with Crippen molar-refractivity contribution in [2.75, 3.05) is 160 Å². The molecule has 7 nitrogen and oxygen atoms in total. The normalized spacial score (nSPS) is 10.6. The van der Waals surface area contributed by atoms with Crippen LogP contribution in [0.4, 0.5) is 40.8 Å². The molecule has 0 saturated carbocycles. The number of quaternary nitrogens is 6. The molecule has 0 heterocycles. The quantitative estimate of drug-likeness (QED) is 0.0188. The SMILES string of the molecule is C.CCCCCCCCCCCCCCCCCC[N+](C)(C)C.C[BH2-]c1cc(F)ccc1C.C[BH2-]c1cc(F)ccc1C.C[BH2-]c1cc(F)ccc1C.C[BH2-]c1cc(F)ccc1C.C[BH2-]c1cc(F)ccc1C.C[BH2-]c1cc(F)ccc1C.C[BH2-]c1cc(F)ccc1C.C[BH2-]c1cc(F)ccc1C.C[N+](C)(C)CCO.C[N+](C)(C)CC[N+](C)(C)C.C[N+](C)(C)Cc1ccccc1.C[N+](C)(C)c1ccccc1.[Ag+].[Na+]. The van der Waals surface area contributed by atoms with Crippen LogP contribution in [-0.4, -0.2) is 245 Å². The molecule has 0 aliphatic heterocycles. The van der Waals surface area contributed by atoms with Crippen LogP contribution in [0.2, 0.25) is 54.6 Å². The fraction of sp³-hybridized carbons (Fsp3) is 0.492. The minimum Gasteiger partial charge on any atom is -0.391 e. The minimum atomic E-state index is -0.105. The topological polar surface area (TPSA) is 20.2 Å². The number of unbranched alkanes of at least 4 members (excludes halogenated alkanes) is 15. The summed E-state index contributed by atoms with van der Waals surface area (Å²) in [4.78, 5) is 0. The Labute approximate surface area is 915 Å². The van der Waals surface area contributed by atoms with Crippen molar-refractivity contribution in [1.29, 1.82) is 0 Å². The van der Waals surface area contributed by atoms with E-state index < -0.39 is 0 Å². The summed E-state index contributed by atoms with van der Waals surface area (Å²) < 4.78 is 106. The van der Waals surface area contributed by atoms with Gasteiger partial charge in [-0.3, -0.25) is 4.48 Å². The van der Waals surface area contributed by atoms with Crippen LogP contribution in [0.15, 0.2) is 206 Å². The van der Waals surface area contributed by atoms with E-state index in [9.17, 15) is 35.1 Å². The number of aryl methyl sites for hydroxylation is 8. The second-order valence-electron chi connectivity index (χ2n) is 45.2. The first kappa shape index (κ1) is 147. The van der Waals surface area contributed by atoms with Crippen LogP contribution >= 0.6 is 0 Å². The molecule has 0 aliphatic rings. The molecule has 25 heteroatoms. The molecule has 0 bridgehead atoms. The largest absolute Gasteiger partial charge is 1.00 e. The molecule has 1 N–H and O–H groups in total. The van der Waals surface area contributed by atoms with Gasteiger partial charge in [0.15, 0.2) is 0 Å². The molecule has 0 spiro atoms. The van der Waals surface area contributed by atoms with Gasteiger partial charge in [-0.15, -0.1) is 0 Å². The number of hydrogen-bond donors (Lipinski definition) is 1. The third-order valence-corrected chi connectivity index (χ3v) is 26.0. The van der Waals surface area contributed by atoms with E-state index in [-0.39, 0.29) is 171 Å². The Kier molecular flexibility index (Phi) is 85.9. The van der Waals surface area contributed by atoms with E-state index in [0.29, 0.717) is 0 Å². The molecule has 10 aromatic rings. The summed E-state index contributed by atoms with van der Waals surface area (Å²) in [5.41, 5.74) is 22.3. The zero-order valence-electron chi connectivity index (χ0n) is 98.6. The molecule has 0 saturated heterocycles. The Morgan fingerprint density at radius 3 is 0.538 bits per heavy atom. The molecule has 0 radical (unpaired) electrons. The maximum atomic E-state index is 12.6. The second-order valence-corrected chi connectivity index (χ2v) is 45.2. The van der Waals surface area contributed by atoms with E-state index in [1.807, 2.05) is 110 Å². The summed E-state index contributed by atoms with van der Waals surface area (Å²) >= 11 is 0. The van der Waals surface area contributed by atoms with E-state index in [2.05, 4.69) is 243 Å². The predicted octanol–water partition coefficient (Wildman–Crippen LogP) is 16.3. The molecule has 804 valence electrons.